The molecule has 0 spiro atoms. The predicted octanol–water partition coefficient (Wildman–Crippen LogP) is 2.33. The van der Waals surface area contributed by atoms with Crippen LogP contribution < -0.4 is 10.2 Å². The Labute approximate surface area is 113 Å². The second-order valence-corrected chi connectivity index (χ2v) is 4.14. The molecule has 0 aliphatic carbocycles. The van der Waals surface area contributed by atoms with Crippen molar-refractivity contribution < 1.29 is 0 Å². The number of hydrogen-bond donors (Lipinski definition) is 1. The quantitative estimate of drug-likeness (QED) is 0.860. The van der Waals surface area contributed by atoms with Crippen molar-refractivity contribution in [2.45, 2.75) is 20.4 Å². The molecular formula is C14H19N5. The Morgan fingerprint density at radius 2 is 1.84 bits per heavy atom. The van der Waals surface area contributed by atoms with Gasteiger partial charge in [0.05, 0.1) is 0 Å². The van der Waals surface area contributed by atoms with Gasteiger partial charge in [0.15, 0.2) is 0 Å². The molecule has 2 aromatic rings. The highest BCUT2D eigenvalue weighted by Gasteiger charge is 2.04. The first kappa shape index (κ1) is 13.3. The topological polar surface area (TPSA) is 53.9 Å². The van der Waals surface area contributed by atoms with Gasteiger partial charge in [-0.3, -0.25) is 4.98 Å². The maximum absolute atomic E-state index is 4.30. The summed E-state index contributed by atoms with van der Waals surface area (Å²) in [6.07, 6.45) is 5.18. The Morgan fingerprint density at radius 3 is 2.53 bits per heavy atom. The second kappa shape index (κ2) is 6.68. The predicted molar refractivity (Wildman–Crippen MR) is 77.2 cm³/mol. The molecule has 2 heterocycles. The summed E-state index contributed by atoms with van der Waals surface area (Å²) < 4.78 is 0. The molecule has 0 aliphatic heterocycles. The van der Waals surface area contributed by atoms with E-state index in [-0.39, 0.29) is 0 Å². The summed E-state index contributed by atoms with van der Waals surface area (Å²) in [6, 6.07) is 5.95. The molecule has 0 unspecified atom stereocenters. The molecule has 2 rings (SSSR count). The number of nitrogens with zero attached hydrogens (tertiary/aromatic N) is 4. The minimum absolute atomic E-state index is 0.733. The van der Waals surface area contributed by atoms with E-state index in [1.54, 1.807) is 18.7 Å². The Hall–Kier alpha value is -2.17. The highest BCUT2D eigenvalue weighted by molar-refractivity contribution is 5.48. The van der Waals surface area contributed by atoms with Crippen LogP contribution >= 0.6 is 0 Å². The SMILES string of the molecule is CCN(CC)c1cc(NCc2ccncc2)ncn1. The van der Waals surface area contributed by atoms with Crippen molar-refractivity contribution in [2.24, 2.45) is 0 Å². The molecule has 0 amide bonds. The average molecular weight is 257 g/mol. The summed E-state index contributed by atoms with van der Waals surface area (Å²) in [5, 5.41) is 3.30. The van der Waals surface area contributed by atoms with Crippen LogP contribution in [0.5, 0.6) is 0 Å². The van der Waals surface area contributed by atoms with E-state index in [9.17, 15) is 0 Å². The zero-order valence-electron chi connectivity index (χ0n) is 11.4. The number of anilines is 2. The number of aromatic nitrogens is 3. The molecule has 5 nitrogen and oxygen atoms in total. The van der Waals surface area contributed by atoms with Crippen molar-refractivity contribution in [1.82, 2.24) is 15.0 Å². The second-order valence-electron chi connectivity index (χ2n) is 4.14. The molecule has 0 bridgehead atoms. The third kappa shape index (κ3) is 3.64. The van der Waals surface area contributed by atoms with E-state index in [0.29, 0.717) is 0 Å². The van der Waals surface area contributed by atoms with E-state index in [2.05, 4.69) is 39.0 Å². The maximum Gasteiger partial charge on any atom is 0.134 e. The molecule has 1 N–H and O–H groups in total. The Balaban J connectivity index is 2.03. The molecule has 100 valence electrons. The highest BCUT2D eigenvalue weighted by atomic mass is 15.2. The van der Waals surface area contributed by atoms with E-state index < -0.39 is 0 Å². The first-order valence-corrected chi connectivity index (χ1v) is 6.53. The molecular weight excluding hydrogens is 238 g/mol. The molecule has 2 aromatic heterocycles. The van der Waals surface area contributed by atoms with E-state index in [0.717, 1.165) is 31.3 Å². The van der Waals surface area contributed by atoms with Gasteiger partial charge in [-0.05, 0) is 31.5 Å². The van der Waals surface area contributed by atoms with E-state index in [1.165, 1.54) is 5.56 Å². The number of pyridine rings is 1. The fraction of sp³-hybridized carbons (Fsp3) is 0.357. The Bertz CT molecular complexity index is 496. The first-order chi connectivity index (χ1) is 9.33. The monoisotopic (exact) mass is 257 g/mol. The van der Waals surface area contributed by atoms with Gasteiger partial charge < -0.3 is 10.2 Å². The van der Waals surface area contributed by atoms with Gasteiger partial charge in [0.25, 0.3) is 0 Å². The van der Waals surface area contributed by atoms with Crippen LogP contribution in [0.3, 0.4) is 0 Å². The van der Waals surface area contributed by atoms with Gasteiger partial charge in [0, 0.05) is 38.1 Å². The van der Waals surface area contributed by atoms with Crippen LogP contribution in [0, 0.1) is 0 Å². The average Bonchev–Trinajstić information content (AvgIpc) is 2.48. The van der Waals surface area contributed by atoms with Crippen LogP contribution in [0.15, 0.2) is 36.9 Å². The van der Waals surface area contributed by atoms with E-state index >= 15 is 0 Å². The lowest BCUT2D eigenvalue weighted by Gasteiger charge is -2.19. The molecule has 0 fully saturated rings. The summed E-state index contributed by atoms with van der Waals surface area (Å²) in [6.45, 7) is 6.86. The molecule has 0 atom stereocenters. The zero-order chi connectivity index (χ0) is 13.5. The molecule has 0 saturated carbocycles. The smallest absolute Gasteiger partial charge is 0.134 e. The summed E-state index contributed by atoms with van der Waals surface area (Å²) in [5.74, 6) is 1.80. The maximum atomic E-state index is 4.30. The third-order valence-corrected chi connectivity index (χ3v) is 2.96. The van der Waals surface area contributed by atoms with E-state index in [1.807, 2.05) is 18.2 Å². The standard InChI is InChI=1S/C14H19N5/c1-3-19(4-2)14-9-13(17-11-18-14)16-10-12-5-7-15-8-6-12/h5-9,11H,3-4,10H2,1-2H3,(H,16,17,18). The van der Waals surface area contributed by atoms with Crippen LogP contribution in [0.4, 0.5) is 11.6 Å². The summed E-state index contributed by atoms with van der Waals surface area (Å²) in [4.78, 5) is 14.7. The van der Waals surface area contributed by atoms with Gasteiger partial charge in [-0.2, -0.15) is 0 Å². The van der Waals surface area contributed by atoms with Gasteiger partial charge in [-0.1, -0.05) is 0 Å². The molecule has 0 saturated heterocycles. The lowest BCUT2D eigenvalue weighted by Crippen LogP contribution is -2.23. The molecule has 19 heavy (non-hydrogen) atoms. The summed E-state index contributed by atoms with van der Waals surface area (Å²) in [5.41, 5.74) is 1.18. The van der Waals surface area contributed by atoms with Crippen LogP contribution in [0.25, 0.3) is 0 Å². The van der Waals surface area contributed by atoms with Crippen molar-refractivity contribution in [3.05, 3.63) is 42.5 Å². The van der Waals surface area contributed by atoms with E-state index in [4.69, 9.17) is 0 Å². The van der Waals surface area contributed by atoms with Crippen LogP contribution in [-0.2, 0) is 6.54 Å². The van der Waals surface area contributed by atoms with Crippen molar-refractivity contribution in [3.8, 4) is 0 Å². The van der Waals surface area contributed by atoms with Gasteiger partial charge in [-0.15, -0.1) is 0 Å². The minimum atomic E-state index is 0.733. The summed E-state index contributed by atoms with van der Waals surface area (Å²) >= 11 is 0. The third-order valence-electron chi connectivity index (χ3n) is 2.96. The molecule has 0 radical (unpaired) electrons. The zero-order valence-corrected chi connectivity index (χ0v) is 11.4. The van der Waals surface area contributed by atoms with Crippen LogP contribution in [0.1, 0.15) is 19.4 Å². The molecule has 0 aliphatic rings. The number of rotatable bonds is 6. The molecule has 5 heteroatoms. The number of hydrogen-bond acceptors (Lipinski definition) is 5. The lowest BCUT2D eigenvalue weighted by atomic mass is 10.3. The van der Waals surface area contributed by atoms with Crippen LogP contribution in [0.2, 0.25) is 0 Å². The van der Waals surface area contributed by atoms with Crippen molar-refractivity contribution >= 4 is 11.6 Å². The number of nitrogens with one attached hydrogen (secondary N) is 1. The largest absolute Gasteiger partial charge is 0.366 e. The minimum Gasteiger partial charge on any atom is -0.366 e. The Kier molecular flexibility index (Phi) is 4.66. The molecule has 0 aromatic carbocycles. The van der Waals surface area contributed by atoms with Crippen LogP contribution in [-0.4, -0.2) is 28.0 Å². The lowest BCUT2D eigenvalue weighted by molar-refractivity contribution is 0.841. The normalized spacial score (nSPS) is 10.2. The van der Waals surface area contributed by atoms with Gasteiger partial charge >= 0.3 is 0 Å². The van der Waals surface area contributed by atoms with Gasteiger partial charge in [0.2, 0.25) is 0 Å². The summed E-state index contributed by atoms with van der Waals surface area (Å²) in [7, 11) is 0. The fourth-order valence-corrected chi connectivity index (χ4v) is 1.86. The first-order valence-electron chi connectivity index (χ1n) is 6.53. The van der Waals surface area contributed by atoms with Gasteiger partial charge in [-0.25, -0.2) is 9.97 Å². The van der Waals surface area contributed by atoms with Crippen molar-refractivity contribution in [3.63, 3.8) is 0 Å². The van der Waals surface area contributed by atoms with Gasteiger partial charge in [0.1, 0.15) is 18.0 Å². The van der Waals surface area contributed by atoms with Crippen molar-refractivity contribution in [2.75, 3.05) is 23.3 Å². The Morgan fingerprint density at radius 1 is 1.11 bits per heavy atom. The highest BCUT2D eigenvalue weighted by Crippen LogP contribution is 2.14. The van der Waals surface area contributed by atoms with Crippen molar-refractivity contribution in [1.29, 1.82) is 0 Å². The fourth-order valence-electron chi connectivity index (χ4n) is 1.86.